The Morgan fingerprint density at radius 2 is 1.53 bits per heavy atom. The van der Waals surface area contributed by atoms with Gasteiger partial charge < -0.3 is 0 Å². The standard InChI is InChI=1S/C16H26Cl2O/c1-11-7-9-13(10-8-11)16(19)15(18)14(17)12-5-3-2-4-6-12/h11-15H,2-10H2,1H3/t11?,13?,14-,15-/m0/s1. The van der Waals surface area contributed by atoms with Crippen molar-refractivity contribution in [3.63, 3.8) is 0 Å². The molecule has 0 aromatic heterocycles. The van der Waals surface area contributed by atoms with Gasteiger partial charge in [0.25, 0.3) is 0 Å². The second-order valence-electron chi connectivity index (χ2n) is 6.60. The molecule has 2 aliphatic rings. The van der Waals surface area contributed by atoms with Crippen LogP contribution < -0.4 is 0 Å². The summed E-state index contributed by atoms with van der Waals surface area (Å²) in [5.74, 6) is 1.61. The van der Waals surface area contributed by atoms with E-state index in [9.17, 15) is 4.79 Å². The summed E-state index contributed by atoms with van der Waals surface area (Å²) in [6, 6.07) is 0. The Balaban J connectivity index is 1.86. The van der Waals surface area contributed by atoms with Gasteiger partial charge in [-0.2, -0.15) is 0 Å². The van der Waals surface area contributed by atoms with Crippen molar-refractivity contribution in [3.05, 3.63) is 0 Å². The van der Waals surface area contributed by atoms with Crippen molar-refractivity contribution in [1.29, 1.82) is 0 Å². The highest BCUT2D eigenvalue weighted by atomic mass is 35.5. The molecule has 2 saturated carbocycles. The van der Waals surface area contributed by atoms with Gasteiger partial charge >= 0.3 is 0 Å². The monoisotopic (exact) mass is 304 g/mol. The maximum Gasteiger partial charge on any atom is 0.155 e. The Kier molecular flexibility index (Phi) is 6.02. The van der Waals surface area contributed by atoms with E-state index in [1.807, 2.05) is 0 Å². The molecule has 0 unspecified atom stereocenters. The minimum absolute atomic E-state index is 0.159. The highest BCUT2D eigenvalue weighted by molar-refractivity contribution is 6.38. The molecule has 2 rings (SSSR count). The Labute approximate surface area is 127 Å². The molecule has 3 heteroatoms. The molecule has 2 aliphatic carbocycles. The summed E-state index contributed by atoms with van der Waals surface area (Å²) in [5.41, 5.74) is 0. The maximum atomic E-state index is 12.5. The van der Waals surface area contributed by atoms with Gasteiger partial charge in [0.1, 0.15) is 5.38 Å². The predicted molar refractivity (Wildman–Crippen MR) is 82.0 cm³/mol. The lowest BCUT2D eigenvalue weighted by Crippen LogP contribution is -2.37. The first-order valence-electron chi connectivity index (χ1n) is 7.91. The Morgan fingerprint density at radius 3 is 2.11 bits per heavy atom. The van der Waals surface area contributed by atoms with Crippen molar-refractivity contribution >= 4 is 29.0 Å². The van der Waals surface area contributed by atoms with Crippen molar-refractivity contribution in [2.24, 2.45) is 17.8 Å². The number of rotatable bonds is 4. The van der Waals surface area contributed by atoms with Gasteiger partial charge in [0.15, 0.2) is 5.78 Å². The van der Waals surface area contributed by atoms with E-state index in [1.54, 1.807) is 0 Å². The van der Waals surface area contributed by atoms with E-state index in [4.69, 9.17) is 23.2 Å². The number of alkyl halides is 2. The first kappa shape index (κ1) is 15.6. The summed E-state index contributed by atoms with van der Waals surface area (Å²) in [6.45, 7) is 2.27. The van der Waals surface area contributed by atoms with Gasteiger partial charge in [-0.15, -0.1) is 23.2 Å². The molecule has 0 bridgehead atoms. The van der Waals surface area contributed by atoms with Crippen LogP contribution >= 0.6 is 23.2 Å². The van der Waals surface area contributed by atoms with Gasteiger partial charge in [-0.25, -0.2) is 0 Å². The van der Waals surface area contributed by atoms with Gasteiger partial charge in [-0.1, -0.05) is 39.0 Å². The molecular weight excluding hydrogens is 279 g/mol. The van der Waals surface area contributed by atoms with Crippen LogP contribution in [0.4, 0.5) is 0 Å². The summed E-state index contributed by atoms with van der Waals surface area (Å²) < 4.78 is 0. The zero-order valence-electron chi connectivity index (χ0n) is 11.9. The first-order valence-corrected chi connectivity index (χ1v) is 8.78. The van der Waals surface area contributed by atoms with Crippen molar-refractivity contribution in [2.45, 2.75) is 75.5 Å². The van der Waals surface area contributed by atoms with E-state index in [-0.39, 0.29) is 17.1 Å². The molecule has 110 valence electrons. The van der Waals surface area contributed by atoms with Crippen molar-refractivity contribution in [1.82, 2.24) is 0 Å². The SMILES string of the molecule is CC1CCC(C(=O)[C@@H](Cl)[C@@H](Cl)C2CCCCC2)CC1. The third-order valence-electron chi connectivity index (χ3n) is 5.07. The minimum Gasteiger partial charge on any atom is -0.298 e. The molecule has 0 amide bonds. The molecule has 0 radical (unpaired) electrons. The summed E-state index contributed by atoms with van der Waals surface area (Å²) in [4.78, 5) is 12.5. The first-order chi connectivity index (χ1) is 9.09. The van der Waals surface area contributed by atoms with Crippen LogP contribution in [0, 0.1) is 17.8 Å². The number of hydrogen-bond donors (Lipinski definition) is 0. The summed E-state index contributed by atoms with van der Waals surface area (Å²) >= 11 is 12.9. The number of carbonyl (C=O) groups is 1. The predicted octanol–water partition coefficient (Wildman–Crippen LogP) is 5.18. The van der Waals surface area contributed by atoms with Gasteiger partial charge in [0.2, 0.25) is 0 Å². The van der Waals surface area contributed by atoms with Gasteiger partial charge in [0.05, 0.1) is 5.38 Å². The second-order valence-corrected chi connectivity index (χ2v) is 7.58. The van der Waals surface area contributed by atoms with Crippen LogP contribution in [0.3, 0.4) is 0 Å². The fraction of sp³-hybridized carbons (Fsp3) is 0.938. The van der Waals surface area contributed by atoms with Gasteiger partial charge in [0, 0.05) is 5.92 Å². The fourth-order valence-electron chi connectivity index (χ4n) is 3.62. The van der Waals surface area contributed by atoms with E-state index in [2.05, 4.69) is 6.92 Å². The molecule has 0 N–H and O–H groups in total. The summed E-state index contributed by atoms with van der Waals surface area (Å²) in [7, 11) is 0. The number of ketones is 1. The van der Waals surface area contributed by atoms with Crippen LogP contribution in [0.2, 0.25) is 0 Å². The largest absolute Gasteiger partial charge is 0.298 e. The molecule has 19 heavy (non-hydrogen) atoms. The maximum absolute atomic E-state index is 12.5. The molecule has 2 fully saturated rings. The van der Waals surface area contributed by atoms with E-state index < -0.39 is 5.38 Å². The van der Waals surface area contributed by atoms with E-state index in [0.29, 0.717) is 5.92 Å². The topological polar surface area (TPSA) is 17.1 Å². The van der Waals surface area contributed by atoms with Crippen molar-refractivity contribution < 1.29 is 4.79 Å². The van der Waals surface area contributed by atoms with Gasteiger partial charge in [-0.05, 0) is 37.5 Å². The molecule has 1 nitrogen and oxygen atoms in total. The zero-order valence-corrected chi connectivity index (χ0v) is 13.4. The third-order valence-corrected chi connectivity index (χ3v) is 6.29. The van der Waals surface area contributed by atoms with Gasteiger partial charge in [-0.3, -0.25) is 4.79 Å². The Bertz CT molecular complexity index is 291. The number of carbonyl (C=O) groups excluding carboxylic acids is 1. The van der Waals surface area contributed by atoms with E-state index in [0.717, 1.165) is 44.4 Å². The van der Waals surface area contributed by atoms with Crippen LogP contribution in [0.25, 0.3) is 0 Å². The number of halogens is 2. The lowest BCUT2D eigenvalue weighted by atomic mass is 9.78. The highest BCUT2D eigenvalue weighted by Gasteiger charge is 2.36. The highest BCUT2D eigenvalue weighted by Crippen LogP contribution is 2.36. The molecular formula is C16H26Cl2O. The normalized spacial score (nSPS) is 32.8. The molecule has 0 saturated heterocycles. The van der Waals surface area contributed by atoms with E-state index >= 15 is 0 Å². The Hall–Kier alpha value is 0.250. The molecule has 2 atom stereocenters. The Morgan fingerprint density at radius 1 is 0.947 bits per heavy atom. The second kappa shape index (κ2) is 7.31. The lowest BCUT2D eigenvalue weighted by molar-refractivity contribution is -0.123. The van der Waals surface area contributed by atoms with E-state index in [1.165, 1.54) is 19.3 Å². The summed E-state index contributed by atoms with van der Waals surface area (Å²) in [5, 5.41) is -0.628. The lowest BCUT2D eigenvalue weighted by Gasteiger charge is -2.31. The fourth-order valence-corrected chi connectivity index (χ4v) is 4.38. The molecule has 0 spiro atoms. The quantitative estimate of drug-likeness (QED) is 0.654. The minimum atomic E-state index is -0.469. The molecule has 0 aliphatic heterocycles. The average Bonchev–Trinajstić information content (AvgIpc) is 2.46. The smallest absolute Gasteiger partial charge is 0.155 e. The number of Topliss-reactive ketones (excluding diaryl/α,β-unsaturated/α-hetero) is 1. The zero-order chi connectivity index (χ0) is 13.8. The van der Waals surface area contributed by atoms with Crippen molar-refractivity contribution in [2.75, 3.05) is 0 Å². The van der Waals surface area contributed by atoms with Crippen LogP contribution in [0.15, 0.2) is 0 Å². The summed E-state index contributed by atoms with van der Waals surface area (Å²) in [6.07, 6.45) is 10.4. The molecule has 0 aromatic rings. The van der Waals surface area contributed by atoms with Crippen molar-refractivity contribution in [3.8, 4) is 0 Å². The average molecular weight is 305 g/mol. The van der Waals surface area contributed by atoms with Crippen LogP contribution in [0.1, 0.15) is 64.7 Å². The van der Waals surface area contributed by atoms with Crippen LogP contribution in [0.5, 0.6) is 0 Å². The number of hydrogen-bond acceptors (Lipinski definition) is 1. The third kappa shape index (κ3) is 4.11. The van der Waals surface area contributed by atoms with Crippen LogP contribution in [-0.4, -0.2) is 16.5 Å². The molecule has 0 aromatic carbocycles. The molecule has 0 heterocycles. The van der Waals surface area contributed by atoms with Crippen LogP contribution in [-0.2, 0) is 4.79 Å².